The van der Waals surface area contributed by atoms with Crippen LogP contribution in [0.15, 0.2) is 72.8 Å². The summed E-state index contributed by atoms with van der Waals surface area (Å²) in [5.41, 5.74) is -3.15. The van der Waals surface area contributed by atoms with Crippen LogP contribution in [0.5, 0.6) is 0 Å². The number of alkyl halides is 9. The summed E-state index contributed by atoms with van der Waals surface area (Å²) in [6, 6.07) is 9.30. The minimum Gasteiger partial charge on any atom is -0.309 e. The third kappa shape index (κ3) is 4.70. The van der Waals surface area contributed by atoms with Crippen molar-refractivity contribution >= 4 is 23.1 Å². The molecule has 0 saturated carbocycles. The highest BCUT2D eigenvalue weighted by Gasteiger charge is 2.36. The van der Waals surface area contributed by atoms with Crippen molar-refractivity contribution < 1.29 is 44.1 Å². The van der Waals surface area contributed by atoms with E-state index in [1.165, 1.54) is 0 Å². The van der Waals surface area contributed by atoms with Crippen molar-refractivity contribution in [2.45, 2.75) is 18.5 Å². The predicted molar refractivity (Wildman–Crippen MR) is 101 cm³/mol. The summed E-state index contributed by atoms with van der Waals surface area (Å²) in [7, 11) is -4.09. The van der Waals surface area contributed by atoms with E-state index >= 15 is 0 Å². The zero-order valence-electron chi connectivity index (χ0n) is 15.7. The topological polar surface area (TPSA) is 17.1 Å². The molecule has 0 aromatic heterocycles. The Hall–Kier alpha value is -2.74. The largest absolute Gasteiger partial charge is 0.416 e. The van der Waals surface area contributed by atoms with E-state index in [0.29, 0.717) is 36.4 Å². The molecule has 0 N–H and O–H groups in total. The molecular formula is C21H12F9OP. The Balaban J connectivity index is 2.18. The number of halogens is 9. The number of benzene rings is 3. The van der Waals surface area contributed by atoms with Gasteiger partial charge in [-0.25, -0.2) is 0 Å². The van der Waals surface area contributed by atoms with Gasteiger partial charge in [-0.15, -0.1) is 0 Å². The zero-order valence-corrected chi connectivity index (χ0v) is 16.6. The van der Waals surface area contributed by atoms with Crippen molar-refractivity contribution in [2.24, 2.45) is 0 Å². The fourth-order valence-electron chi connectivity index (χ4n) is 3.03. The maximum atomic E-state index is 14.1. The Morgan fingerprint density at radius 3 is 0.750 bits per heavy atom. The maximum Gasteiger partial charge on any atom is 0.416 e. The molecule has 3 aromatic rings. The van der Waals surface area contributed by atoms with Crippen molar-refractivity contribution in [3.8, 4) is 0 Å². The van der Waals surface area contributed by atoms with Crippen LogP contribution in [0.3, 0.4) is 0 Å². The lowest BCUT2D eigenvalue weighted by atomic mass is 10.2. The van der Waals surface area contributed by atoms with Crippen molar-refractivity contribution in [2.75, 3.05) is 0 Å². The normalized spacial score (nSPS) is 13.3. The average Bonchev–Trinajstić information content (AvgIpc) is 2.71. The van der Waals surface area contributed by atoms with E-state index < -0.39 is 42.4 Å². The van der Waals surface area contributed by atoms with Gasteiger partial charge in [0.2, 0.25) is 0 Å². The van der Waals surface area contributed by atoms with E-state index in [9.17, 15) is 44.1 Å². The van der Waals surface area contributed by atoms with E-state index in [0.717, 1.165) is 36.4 Å². The molecule has 170 valence electrons. The molecule has 0 aliphatic rings. The van der Waals surface area contributed by atoms with Crippen molar-refractivity contribution in [3.05, 3.63) is 89.5 Å². The second-order valence-corrected chi connectivity index (χ2v) is 9.51. The first-order valence-corrected chi connectivity index (χ1v) is 10.5. The average molecular weight is 482 g/mol. The molecule has 3 aromatic carbocycles. The molecule has 0 spiro atoms. The van der Waals surface area contributed by atoms with E-state index in [4.69, 9.17) is 0 Å². The molecule has 0 atom stereocenters. The quantitative estimate of drug-likeness (QED) is 0.313. The van der Waals surface area contributed by atoms with Crippen molar-refractivity contribution in [3.63, 3.8) is 0 Å². The highest BCUT2D eigenvalue weighted by Crippen LogP contribution is 2.44. The van der Waals surface area contributed by atoms with Gasteiger partial charge >= 0.3 is 18.5 Å². The van der Waals surface area contributed by atoms with Crippen LogP contribution in [0.1, 0.15) is 16.7 Å². The first-order valence-electron chi connectivity index (χ1n) is 8.77. The highest BCUT2D eigenvalue weighted by atomic mass is 31.2. The molecule has 0 heterocycles. The van der Waals surface area contributed by atoms with Crippen LogP contribution in [0.25, 0.3) is 0 Å². The molecule has 0 aliphatic carbocycles. The second-order valence-electron chi connectivity index (χ2n) is 6.74. The van der Waals surface area contributed by atoms with Gasteiger partial charge in [0.1, 0.15) is 0 Å². The van der Waals surface area contributed by atoms with Crippen LogP contribution in [0.4, 0.5) is 39.5 Å². The van der Waals surface area contributed by atoms with Crippen LogP contribution in [-0.4, -0.2) is 0 Å². The Bertz CT molecular complexity index is 979. The molecule has 1 nitrogen and oxygen atoms in total. The van der Waals surface area contributed by atoms with Gasteiger partial charge in [-0.1, -0.05) is 36.4 Å². The predicted octanol–water partition coefficient (Wildman–Crippen LogP) is 6.38. The monoisotopic (exact) mass is 482 g/mol. The van der Waals surface area contributed by atoms with Crippen LogP contribution in [0, 0.1) is 0 Å². The molecule has 0 bridgehead atoms. The van der Waals surface area contributed by atoms with Gasteiger partial charge in [0, 0.05) is 15.9 Å². The summed E-state index contributed by atoms with van der Waals surface area (Å²) in [6.07, 6.45) is -14.1. The minimum atomic E-state index is -4.69. The summed E-state index contributed by atoms with van der Waals surface area (Å²) in [4.78, 5) is 0. The number of hydrogen-bond donors (Lipinski definition) is 0. The van der Waals surface area contributed by atoms with E-state index in [2.05, 4.69) is 0 Å². The van der Waals surface area contributed by atoms with Gasteiger partial charge in [0.25, 0.3) is 0 Å². The molecule has 0 unspecified atom stereocenters. The van der Waals surface area contributed by atoms with E-state index in [1.54, 1.807) is 0 Å². The summed E-state index contributed by atoms with van der Waals surface area (Å²) in [5, 5.41) is -0.528. The molecule has 0 saturated heterocycles. The Morgan fingerprint density at radius 1 is 0.406 bits per heavy atom. The summed E-state index contributed by atoms with van der Waals surface area (Å²) >= 11 is 0. The summed E-state index contributed by atoms with van der Waals surface area (Å²) in [5.74, 6) is 0. The summed E-state index contributed by atoms with van der Waals surface area (Å²) in [6.45, 7) is 0. The van der Waals surface area contributed by atoms with Crippen molar-refractivity contribution in [1.29, 1.82) is 0 Å². The Kier molecular flexibility index (Phi) is 5.97. The standard InChI is InChI=1S/C21H12F9OP/c22-19(23,24)13-1-7-16(8-2-13)32(31,17-9-3-14(4-10-17)20(25,26)27)18-11-5-15(6-12-18)21(28,29)30/h1-12H. The lowest BCUT2D eigenvalue weighted by Crippen LogP contribution is -2.26. The summed E-state index contributed by atoms with van der Waals surface area (Å²) < 4.78 is 130. The molecule has 0 amide bonds. The van der Waals surface area contributed by atoms with Gasteiger partial charge in [0.05, 0.1) is 16.7 Å². The van der Waals surface area contributed by atoms with Gasteiger partial charge in [-0.3, -0.25) is 0 Å². The maximum absolute atomic E-state index is 14.1. The second kappa shape index (κ2) is 7.99. The van der Waals surface area contributed by atoms with Crippen LogP contribution in [0.2, 0.25) is 0 Å². The molecule has 0 aliphatic heterocycles. The smallest absolute Gasteiger partial charge is 0.309 e. The molecule has 0 fully saturated rings. The van der Waals surface area contributed by atoms with Gasteiger partial charge in [-0.2, -0.15) is 39.5 Å². The van der Waals surface area contributed by atoms with E-state index in [-0.39, 0.29) is 15.9 Å². The van der Waals surface area contributed by atoms with Crippen LogP contribution in [-0.2, 0) is 23.1 Å². The number of hydrogen-bond acceptors (Lipinski definition) is 1. The molecule has 3 rings (SSSR count). The molecule has 32 heavy (non-hydrogen) atoms. The van der Waals surface area contributed by atoms with Crippen molar-refractivity contribution in [1.82, 2.24) is 0 Å². The van der Waals surface area contributed by atoms with Gasteiger partial charge < -0.3 is 4.57 Å². The fourth-order valence-corrected chi connectivity index (χ4v) is 5.63. The van der Waals surface area contributed by atoms with Gasteiger partial charge in [0.15, 0.2) is 7.14 Å². The van der Waals surface area contributed by atoms with Gasteiger partial charge in [-0.05, 0) is 36.4 Å². The lowest BCUT2D eigenvalue weighted by Gasteiger charge is -2.21. The zero-order chi connectivity index (χ0) is 23.9. The van der Waals surface area contributed by atoms with Crippen LogP contribution >= 0.6 is 7.14 Å². The third-order valence-corrected chi connectivity index (χ3v) is 7.75. The Morgan fingerprint density at radius 2 is 0.594 bits per heavy atom. The Labute approximate surface area is 175 Å². The fraction of sp³-hybridized carbons (Fsp3) is 0.143. The molecule has 11 heteroatoms. The number of rotatable bonds is 3. The first-order chi connectivity index (χ1) is 14.6. The molecule has 0 radical (unpaired) electrons. The third-order valence-electron chi connectivity index (χ3n) is 4.67. The SMILES string of the molecule is O=P(c1ccc(C(F)(F)F)cc1)(c1ccc(C(F)(F)F)cc1)c1ccc(C(F)(F)F)cc1. The highest BCUT2D eigenvalue weighted by molar-refractivity contribution is 7.85. The lowest BCUT2D eigenvalue weighted by molar-refractivity contribution is -0.138. The van der Waals surface area contributed by atoms with E-state index in [1.807, 2.05) is 0 Å². The minimum absolute atomic E-state index is 0.176. The first kappa shape index (κ1) is 23.9. The van der Waals surface area contributed by atoms with Crippen LogP contribution < -0.4 is 15.9 Å². The molecular weight excluding hydrogens is 470 g/mol.